The van der Waals surface area contributed by atoms with Crippen LogP contribution in [0.2, 0.25) is 0 Å². The van der Waals surface area contributed by atoms with Gasteiger partial charge in [-0.15, -0.1) is 0 Å². The van der Waals surface area contributed by atoms with Crippen LogP contribution in [-0.2, 0) is 6.42 Å². The number of H-pyrrole nitrogens is 1. The summed E-state index contributed by atoms with van der Waals surface area (Å²) in [5, 5.41) is 15.9. The largest absolute Gasteiger partial charge is 0.396 e. The molecule has 1 heterocycles. The summed E-state index contributed by atoms with van der Waals surface area (Å²) in [7, 11) is 0. The van der Waals surface area contributed by atoms with Gasteiger partial charge in [0, 0.05) is 25.4 Å². The number of aromatic nitrogens is 4. The van der Waals surface area contributed by atoms with E-state index in [0.717, 1.165) is 30.7 Å². The van der Waals surface area contributed by atoms with Crippen molar-refractivity contribution in [1.29, 1.82) is 0 Å². The Bertz CT molecular complexity index is 416. The van der Waals surface area contributed by atoms with Crippen LogP contribution in [0, 0.1) is 5.92 Å². The zero-order valence-corrected chi connectivity index (χ0v) is 12.0. The van der Waals surface area contributed by atoms with Gasteiger partial charge in [0.15, 0.2) is 0 Å². The van der Waals surface area contributed by atoms with Crippen LogP contribution in [0.15, 0.2) is 18.7 Å². The number of aliphatic hydroxyl groups is 1. The van der Waals surface area contributed by atoms with Crippen molar-refractivity contribution in [2.75, 3.05) is 6.61 Å². The molecular weight excluding hydrogens is 240 g/mol. The number of aromatic amines is 1. The zero-order chi connectivity index (χ0) is 14.1. The van der Waals surface area contributed by atoms with Crippen LogP contribution in [0.5, 0.6) is 0 Å². The molecule has 0 amide bonds. The summed E-state index contributed by atoms with van der Waals surface area (Å²) in [5.74, 6) is 1.55. The first kappa shape index (κ1) is 15.6. The van der Waals surface area contributed by atoms with Crippen LogP contribution < -0.4 is 0 Å². The van der Waals surface area contributed by atoms with E-state index in [1.165, 1.54) is 6.33 Å². The Hall–Kier alpha value is -1.49. The molecule has 5 nitrogen and oxygen atoms in total. The lowest BCUT2D eigenvalue weighted by molar-refractivity contribution is 0.252. The minimum absolute atomic E-state index is 0.211. The molecule has 5 heteroatoms. The van der Waals surface area contributed by atoms with Gasteiger partial charge in [-0.1, -0.05) is 27.2 Å². The lowest BCUT2D eigenvalue weighted by Gasteiger charge is -2.10. The van der Waals surface area contributed by atoms with Crippen LogP contribution in [0.25, 0.3) is 0 Å². The normalized spacial score (nSPS) is 12.3. The number of hydrogen-bond acceptors (Lipinski definition) is 4. The molecule has 0 aliphatic carbocycles. The van der Waals surface area contributed by atoms with Crippen LogP contribution >= 0.6 is 0 Å². The third kappa shape index (κ3) is 5.79. The predicted molar refractivity (Wildman–Crippen MR) is 75.1 cm³/mol. The molecule has 1 unspecified atom stereocenters. The molecule has 0 saturated carbocycles. The number of nitrogens with zero attached hydrogens (tertiary/aromatic N) is 3. The quantitative estimate of drug-likeness (QED) is 0.827. The SMILES string of the molecule is CCC(CCO)Cc1ncn[nH]cc(C(C)C)cn1. The molecule has 1 aromatic rings. The summed E-state index contributed by atoms with van der Waals surface area (Å²) in [6, 6.07) is 0. The van der Waals surface area contributed by atoms with Gasteiger partial charge in [-0.05, 0) is 23.8 Å². The first-order valence-electron chi connectivity index (χ1n) is 6.86. The molecule has 1 rings (SSSR count). The topological polar surface area (TPSA) is 74.7 Å². The minimum Gasteiger partial charge on any atom is -0.396 e. The molecular formula is C14H24N4O. The zero-order valence-electron chi connectivity index (χ0n) is 12.0. The van der Waals surface area contributed by atoms with Gasteiger partial charge in [-0.25, -0.2) is 9.97 Å². The van der Waals surface area contributed by atoms with Gasteiger partial charge >= 0.3 is 0 Å². The molecule has 0 aliphatic heterocycles. The van der Waals surface area contributed by atoms with Gasteiger partial charge in [-0.2, -0.15) is 5.10 Å². The molecule has 0 bridgehead atoms. The number of aliphatic hydroxyl groups excluding tert-OH is 1. The van der Waals surface area contributed by atoms with E-state index in [-0.39, 0.29) is 6.61 Å². The van der Waals surface area contributed by atoms with Crippen molar-refractivity contribution in [3.05, 3.63) is 30.1 Å². The Balaban J connectivity index is 2.97. The van der Waals surface area contributed by atoms with Crippen molar-refractivity contribution >= 4 is 0 Å². The average Bonchev–Trinajstić information content (AvgIpc) is 2.50. The highest BCUT2D eigenvalue weighted by atomic mass is 16.3. The molecule has 19 heavy (non-hydrogen) atoms. The molecule has 0 spiro atoms. The first-order chi connectivity index (χ1) is 9.17. The lowest BCUT2D eigenvalue weighted by Crippen LogP contribution is -2.07. The second kappa shape index (κ2) is 8.58. The second-order valence-electron chi connectivity index (χ2n) is 4.97. The van der Waals surface area contributed by atoms with Crippen molar-refractivity contribution in [3.8, 4) is 0 Å². The summed E-state index contributed by atoms with van der Waals surface area (Å²) >= 11 is 0. The molecule has 2 N–H and O–H groups in total. The van der Waals surface area contributed by atoms with E-state index in [0.29, 0.717) is 11.8 Å². The van der Waals surface area contributed by atoms with E-state index in [1.54, 1.807) is 0 Å². The molecule has 0 radical (unpaired) electrons. The molecule has 0 aliphatic rings. The molecule has 0 fully saturated rings. The van der Waals surface area contributed by atoms with Crippen molar-refractivity contribution in [2.45, 2.75) is 46.0 Å². The third-order valence-corrected chi connectivity index (χ3v) is 3.19. The van der Waals surface area contributed by atoms with Crippen LogP contribution in [-0.4, -0.2) is 31.9 Å². The van der Waals surface area contributed by atoms with E-state index in [2.05, 4.69) is 40.9 Å². The van der Waals surface area contributed by atoms with Gasteiger partial charge in [0.1, 0.15) is 12.2 Å². The monoisotopic (exact) mass is 264 g/mol. The minimum atomic E-state index is 0.211. The van der Waals surface area contributed by atoms with Gasteiger partial charge in [0.2, 0.25) is 0 Å². The molecule has 106 valence electrons. The second-order valence-corrected chi connectivity index (χ2v) is 4.97. The standard InChI is InChI=1S/C14H24N4O/c1-4-12(5-6-19)7-14-15-8-13(11(2)3)9-17-18-10-16-14/h8-12,17,19H,4-7H2,1-3H3. The molecule has 1 aromatic heterocycles. The Labute approximate surface area is 114 Å². The van der Waals surface area contributed by atoms with Crippen molar-refractivity contribution in [2.24, 2.45) is 5.92 Å². The summed E-state index contributed by atoms with van der Waals surface area (Å²) in [5.41, 5.74) is 1.09. The van der Waals surface area contributed by atoms with E-state index >= 15 is 0 Å². The van der Waals surface area contributed by atoms with Gasteiger partial charge in [0.25, 0.3) is 0 Å². The fourth-order valence-electron chi connectivity index (χ4n) is 1.77. The van der Waals surface area contributed by atoms with Gasteiger partial charge in [0.05, 0.1) is 0 Å². The average molecular weight is 264 g/mol. The van der Waals surface area contributed by atoms with Crippen LogP contribution in [0.3, 0.4) is 0 Å². The number of hydrogen-bond donors (Lipinski definition) is 2. The molecule has 0 saturated heterocycles. The van der Waals surface area contributed by atoms with E-state index in [1.807, 2.05) is 12.4 Å². The Morgan fingerprint density at radius 3 is 2.74 bits per heavy atom. The molecule has 0 aromatic carbocycles. The highest BCUT2D eigenvalue weighted by molar-refractivity contribution is 5.06. The highest BCUT2D eigenvalue weighted by Crippen LogP contribution is 2.13. The third-order valence-electron chi connectivity index (χ3n) is 3.19. The Kier molecular flexibility index (Phi) is 7.03. The summed E-state index contributed by atoms with van der Waals surface area (Å²) in [6.45, 7) is 6.55. The maximum Gasteiger partial charge on any atom is 0.137 e. The summed E-state index contributed by atoms with van der Waals surface area (Å²) < 4.78 is 0. The fraction of sp³-hybridized carbons (Fsp3) is 0.643. The lowest BCUT2D eigenvalue weighted by atomic mass is 9.99. The van der Waals surface area contributed by atoms with Crippen molar-refractivity contribution in [3.63, 3.8) is 0 Å². The first-order valence-corrected chi connectivity index (χ1v) is 6.86. The fourth-order valence-corrected chi connectivity index (χ4v) is 1.77. The number of rotatable bonds is 6. The van der Waals surface area contributed by atoms with E-state index in [9.17, 15) is 0 Å². The van der Waals surface area contributed by atoms with E-state index < -0.39 is 0 Å². The Morgan fingerprint density at radius 1 is 1.32 bits per heavy atom. The van der Waals surface area contributed by atoms with Crippen LogP contribution in [0.4, 0.5) is 0 Å². The maximum absolute atomic E-state index is 9.03. The number of nitrogens with one attached hydrogen (secondary N) is 1. The van der Waals surface area contributed by atoms with E-state index in [4.69, 9.17) is 5.11 Å². The van der Waals surface area contributed by atoms with Crippen molar-refractivity contribution < 1.29 is 5.11 Å². The summed E-state index contributed by atoms with van der Waals surface area (Å²) in [6.07, 6.45) is 7.73. The summed E-state index contributed by atoms with van der Waals surface area (Å²) in [4.78, 5) is 8.72. The van der Waals surface area contributed by atoms with Gasteiger partial charge < -0.3 is 5.11 Å². The predicted octanol–water partition coefficient (Wildman–Crippen LogP) is 2.40. The van der Waals surface area contributed by atoms with Crippen LogP contribution in [0.1, 0.15) is 50.9 Å². The smallest absolute Gasteiger partial charge is 0.137 e. The molecule has 1 atom stereocenters. The maximum atomic E-state index is 9.03. The highest BCUT2D eigenvalue weighted by Gasteiger charge is 2.08. The van der Waals surface area contributed by atoms with Crippen molar-refractivity contribution in [1.82, 2.24) is 20.2 Å². The van der Waals surface area contributed by atoms with Gasteiger partial charge in [-0.3, -0.25) is 5.10 Å². The Morgan fingerprint density at radius 2 is 2.11 bits per heavy atom.